The number of rotatable bonds is 8. The Hall–Kier alpha value is -2.15. The summed E-state index contributed by atoms with van der Waals surface area (Å²) >= 11 is 2.80. The molecular formula is C20H25N4O6S2-. The lowest BCUT2D eigenvalue weighted by Crippen LogP contribution is -2.64. The number of aliphatic hydroxyl groups excluding tert-OH is 2. The molecule has 2 N–H and O–H groups in total. The van der Waals surface area contributed by atoms with Crippen molar-refractivity contribution in [1.82, 2.24) is 14.8 Å². The van der Waals surface area contributed by atoms with Crippen molar-refractivity contribution >= 4 is 46.0 Å². The minimum atomic E-state index is -1.37. The number of fused-ring (bicyclic) bond motifs is 1. The number of nitrogens with zero attached hydrogens (tertiary/aromatic N) is 4. The van der Waals surface area contributed by atoms with Gasteiger partial charge in [-0.2, -0.15) is 0 Å². The van der Waals surface area contributed by atoms with Crippen molar-refractivity contribution in [2.24, 2.45) is 11.8 Å². The monoisotopic (exact) mass is 481 g/mol. The molecule has 0 spiro atoms. The maximum atomic E-state index is 12.4. The van der Waals surface area contributed by atoms with Crippen molar-refractivity contribution in [1.29, 1.82) is 0 Å². The number of thiazole rings is 1. The molecule has 174 valence electrons. The van der Waals surface area contributed by atoms with Crippen LogP contribution >= 0.6 is 23.1 Å². The number of hydrogen-bond acceptors (Lipinski definition) is 10. The number of hydrogen-bond donors (Lipinski definition) is 2. The molecule has 0 radical (unpaired) electrons. The zero-order valence-electron chi connectivity index (χ0n) is 17.9. The lowest BCUT2D eigenvalue weighted by molar-refractivity contribution is -0.301. The van der Waals surface area contributed by atoms with Crippen LogP contribution in [0.1, 0.15) is 24.3 Å². The number of thioether (sulfide) groups is 1. The molecule has 2 fully saturated rings. The first-order chi connectivity index (χ1) is 15.1. The minimum absolute atomic E-state index is 0.0677. The Labute approximate surface area is 193 Å². The summed E-state index contributed by atoms with van der Waals surface area (Å²) < 4.78 is 0. The van der Waals surface area contributed by atoms with Crippen LogP contribution in [0.5, 0.6) is 0 Å². The Bertz CT molecular complexity index is 973. The summed E-state index contributed by atoms with van der Waals surface area (Å²) in [6.07, 6.45) is -0.837. The molecule has 4 rings (SSSR count). The second kappa shape index (κ2) is 8.65. The van der Waals surface area contributed by atoms with Gasteiger partial charge in [0.25, 0.3) is 5.91 Å². The van der Waals surface area contributed by atoms with Crippen LogP contribution in [0.4, 0.5) is 5.13 Å². The molecule has 0 bridgehead atoms. The highest BCUT2D eigenvalue weighted by atomic mass is 32.2. The van der Waals surface area contributed by atoms with Crippen molar-refractivity contribution in [3.05, 3.63) is 21.7 Å². The van der Waals surface area contributed by atoms with Gasteiger partial charge in [-0.15, -0.1) is 23.1 Å². The molecule has 10 nitrogen and oxygen atoms in total. The molecule has 3 aliphatic rings. The first-order valence-corrected chi connectivity index (χ1v) is 12.1. The number of carbonyl (C=O) groups is 3. The van der Waals surface area contributed by atoms with E-state index in [1.807, 2.05) is 11.8 Å². The van der Waals surface area contributed by atoms with Gasteiger partial charge < -0.3 is 34.8 Å². The number of carboxylic acids is 1. The fourth-order valence-corrected chi connectivity index (χ4v) is 6.81. The number of carboxylic acid groups (broad SMARTS) is 1. The van der Waals surface area contributed by atoms with Crippen LogP contribution in [0.25, 0.3) is 0 Å². The van der Waals surface area contributed by atoms with Gasteiger partial charge in [-0.25, -0.2) is 4.98 Å². The maximum Gasteiger partial charge on any atom is 0.273 e. The van der Waals surface area contributed by atoms with E-state index in [9.17, 15) is 24.6 Å². The van der Waals surface area contributed by atoms with Crippen LogP contribution in [0.15, 0.2) is 16.0 Å². The van der Waals surface area contributed by atoms with Crippen LogP contribution in [-0.2, 0) is 9.59 Å². The predicted molar refractivity (Wildman–Crippen MR) is 117 cm³/mol. The number of amides is 2. The van der Waals surface area contributed by atoms with Gasteiger partial charge >= 0.3 is 0 Å². The van der Waals surface area contributed by atoms with Crippen LogP contribution < -0.4 is 10.0 Å². The summed E-state index contributed by atoms with van der Waals surface area (Å²) in [5.74, 6) is -2.77. The summed E-state index contributed by atoms with van der Waals surface area (Å²) in [5, 5.41) is 33.2. The lowest BCUT2D eigenvalue weighted by Gasteiger charge is -2.47. The standard InChI is InChI=1S/C20H26N4O6S2/c1-9-14-13(10(2)26)18(28)24(14)15(19(29)30)16(9)32-11-6-23(7-11)20-21-12(8-31-20)17(27)22(3)4-5-25/h8-11,13-14,25-26H,4-7H2,1-3H3,(H,29,30)/p-1/t9-,10-,13-,14-/m1/s1. The van der Waals surface area contributed by atoms with Gasteiger partial charge in [-0.3, -0.25) is 9.59 Å². The van der Waals surface area contributed by atoms with E-state index in [0.29, 0.717) is 28.8 Å². The number of anilines is 1. The van der Waals surface area contributed by atoms with Crippen molar-refractivity contribution in [3.8, 4) is 0 Å². The molecule has 4 heterocycles. The molecule has 4 atom stereocenters. The molecule has 12 heteroatoms. The molecule has 0 aliphatic carbocycles. The van der Waals surface area contributed by atoms with Gasteiger partial charge in [-0.05, 0) is 6.92 Å². The Balaban J connectivity index is 1.41. The molecule has 32 heavy (non-hydrogen) atoms. The maximum absolute atomic E-state index is 12.4. The lowest BCUT2D eigenvalue weighted by atomic mass is 9.79. The molecule has 2 amide bonds. The quantitative estimate of drug-likeness (QED) is 0.446. The van der Waals surface area contributed by atoms with Crippen molar-refractivity contribution in [3.63, 3.8) is 0 Å². The van der Waals surface area contributed by atoms with Crippen molar-refractivity contribution in [2.75, 3.05) is 38.2 Å². The number of likely N-dealkylation sites (N-methyl/N-ethyl adjacent to an activating group) is 1. The van der Waals surface area contributed by atoms with E-state index in [4.69, 9.17) is 5.11 Å². The highest BCUT2D eigenvalue weighted by Gasteiger charge is 2.59. The van der Waals surface area contributed by atoms with Gasteiger partial charge in [0.1, 0.15) is 5.69 Å². The molecule has 0 saturated carbocycles. The molecule has 2 saturated heterocycles. The van der Waals surface area contributed by atoms with Gasteiger partial charge in [-0.1, -0.05) is 6.92 Å². The summed E-state index contributed by atoms with van der Waals surface area (Å²) in [5.41, 5.74) is 0.261. The molecule has 1 aromatic heterocycles. The summed E-state index contributed by atoms with van der Waals surface area (Å²) in [7, 11) is 1.61. The zero-order chi connectivity index (χ0) is 23.3. The van der Waals surface area contributed by atoms with Gasteiger partial charge in [0.15, 0.2) is 5.13 Å². The molecule has 0 aromatic carbocycles. The fourth-order valence-electron chi connectivity index (χ4n) is 4.47. The minimum Gasteiger partial charge on any atom is -0.543 e. The summed E-state index contributed by atoms with van der Waals surface area (Å²) in [6, 6.07) is -0.350. The van der Waals surface area contributed by atoms with E-state index >= 15 is 0 Å². The average molecular weight is 482 g/mol. The Morgan fingerprint density at radius 2 is 2.12 bits per heavy atom. The predicted octanol–water partition coefficient (Wildman–Crippen LogP) is -1.05. The highest BCUT2D eigenvalue weighted by molar-refractivity contribution is 8.03. The number of aliphatic carboxylic acids is 1. The SMILES string of the molecule is C[C@@H](O)[C@H]1C(=O)N2C(C(=O)[O-])=C(SC3CN(c4nc(C(=O)N(C)CCO)cs4)C3)[C@H](C)[C@H]12. The summed E-state index contributed by atoms with van der Waals surface area (Å²) in [4.78, 5) is 46.2. The first-order valence-electron chi connectivity index (χ1n) is 10.4. The van der Waals surface area contributed by atoms with E-state index in [-0.39, 0.29) is 47.9 Å². The topological polar surface area (TPSA) is 137 Å². The van der Waals surface area contributed by atoms with E-state index in [2.05, 4.69) is 4.98 Å². The van der Waals surface area contributed by atoms with E-state index in [0.717, 1.165) is 0 Å². The molecule has 1 aromatic rings. The van der Waals surface area contributed by atoms with Crippen molar-refractivity contribution in [2.45, 2.75) is 31.2 Å². The summed E-state index contributed by atoms with van der Waals surface area (Å²) in [6.45, 7) is 4.82. The number of aliphatic hydroxyl groups is 2. The van der Waals surface area contributed by atoms with Crippen LogP contribution in [0.3, 0.4) is 0 Å². The van der Waals surface area contributed by atoms with Gasteiger partial charge in [0.05, 0.1) is 36.3 Å². The van der Waals surface area contributed by atoms with Gasteiger partial charge in [0.2, 0.25) is 5.91 Å². The van der Waals surface area contributed by atoms with Gasteiger partial charge in [0, 0.05) is 48.1 Å². The van der Waals surface area contributed by atoms with E-state index < -0.39 is 18.0 Å². The zero-order valence-corrected chi connectivity index (χ0v) is 19.6. The second-order valence-corrected chi connectivity index (χ2v) is 10.5. The number of β-lactam (4-membered cyclic amide) rings is 1. The van der Waals surface area contributed by atoms with E-state index in [1.165, 1.54) is 32.9 Å². The average Bonchev–Trinajstić information content (AvgIpc) is 3.25. The number of carbonyl (C=O) groups excluding carboxylic acids is 3. The Morgan fingerprint density at radius 1 is 1.44 bits per heavy atom. The largest absolute Gasteiger partial charge is 0.543 e. The van der Waals surface area contributed by atoms with Crippen LogP contribution in [0, 0.1) is 11.8 Å². The van der Waals surface area contributed by atoms with Crippen molar-refractivity contribution < 1.29 is 29.7 Å². The van der Waals surface area contributed by atoms with Crippen LogP contribution in [0.2, 0.25) is 0 Å². The molecular weight excluding hydrogens is 456 g/mol. The molecule has 0 unspecified atom stereocenters. The first kappa shape index (κ1) is 23.0. The smallest absolute Gasteiger partial charge is 0.273 e. The normalized spacial score (nSPS) is 26.0. The highest BCUT2D eigenvalue weighted by Crippen LogP contribution is 2.52. The Kier molecular flexibility index (Phi) is 6.23. The third-order valence-corrected chi connectivity index (χ3v) is 8.56. The fraction of sp³-hybridized carbons (Fsp3) is 0.600. The third kappa shape index (κ3) is 3.68. The molecule has 3 aliphatic heterocycles. The van der Waals surface area contributed by atoms with Crippen LogP contribution in [-0.4, -0.2) is 93.5 Å². The second-order valence-electron chi connectivity index (χ2n) is 8.36. The third-order valence-electron chi connectivity index (χ3n) is 6.21. The number of aromatic nitrogens is 1. The van der Waals surface area contributed by atoms with E-state index in [1.54, 1.807) is 19.4 Å². The Morgan fingerprint density at radius 3 is 2.72 bits per heavy atom.